The Morgan fingerprint density at radius 1 is 1.18 bits per heavy atom. The lowest BCUT2D eigenvalue weighted by atomic mass is 9.97. The average Bonchev–Trinajstić information content (AvgIpc) is 2.54. The first-order chi connectivity index (χ1) is 10.7. The summed E-state index contributed by atoms with van der Waals surface area (Å²) in [7, 11) is 0. The van der Waals surface area contributed by atoms with Crippen LogP contribution in [0.3, 0.4) is 0 Å². The average molecular weight is 317 g/mol. The molecule has 2 aromatic carbocycles. The highest BCUT2D eigenvalue weighted by molar-refractivity contribution is 6.30. The predicted molar refractivity (Wildman–Crippen MR) is 90.8 cm³/mol. The molecule has 0 saturated heterocycles. The molecule has 0 aromatic heterocycles. The lowest BCUT2D eigenvalue weighted by Gasteiger charge is -2.26. The number of nitrogens with two attached hydrogens (primary N) is 1. The van der Waals surface area contributed by atoms with Gasteiger partial charge >= 0.3 is 0 Å². The Morgan fingerprint density at radius 3 is 2.50 bits per heavy atom. The fraction of sp³-hybridized carbons (Fsp3) is 0.278. The first-order valence-corrected chi connectivity index (χ1v) is 7.81. The second-order valence-corrected chi connectivity index (χ2v) is 5.62. The van der Waals surface area contributed by atoms with E-state index in [1.54, 1.807) is 0 Å². The third kappa shape index (κ3) is 4.09. The SMILES string of the molecule is CCN(Cc1cccc(Cl)c1)C(=O)C(CN)c1ccccc1. The normalized spacial score (nSPS) is 12.0. The van der Waals surface area contributed by atoms with Gasteiger partial charge in [0, 0.05) is 24.7 Å². The van der Waals surface area contributed by atoms with E-state index < -0.39 is 0 Å². The number of likely N-dealkylation sites (N-methyl/N-ethyl adjacent to an activating group) is 1. The molecule has 0 heterocycles. The molecule has 1 atom stereocenters. The molecule has 1 unspecified atom stereocenters. The molecular formula is C18H21ClN2O. The molecule has 0 radical (unpaired) electrons. The van der Waals surface area contributed by atoms with E-state index in [0.717, 1.165) is 11.1 Å². The maximum Gasteiger partial charge on any atom is 0.231 e. The first kappa shape index (κ1) is 16.5. The van der Waals surface area contributed by atoms with Gasteiger partial charge in [0.2, 0.25) is 5.91 Å². The number of halogens is 1. The molecule has 22 heavy (non-hydrogen) atoms. The summed E-state index contributed by atoms with van der Waals surface area (Å²) in [4.78, 5) is 14.6. The number of rotatable bonds is 6. The second-order valence-electron chi connectivity index (χ2n) is 5.18. The van der Waals surface area contributed by atoms with Crippen LogP contribution in [-0.2, 0) is 11.3 Å². The summed E-state index contributed by atoms with van der Waals surface area (Å²) >= 11 is 6.01. The van der Waals surface area contributed by atoms with Crippen molar-refractivity contribution in [2.24, 2.45) is 5.73 Å². The molecular weight excluding hydrogens is 296 g/mol. The highest BCUT2D eigenvalue weighted by atomic mass is 35.5. The molecule has 0 fully saturated rings. The quantitative estimate of drug-likeness (QED) is 0.887. The molecule has 2 N–H and O–H groups in total. The van der Waals surface area contributed by atoms with Crippen molar-refractivity contribution in [3.8, 4) is 0 Å². The van der Waals surface area contributed by atoms with E-state index >= 15 is 0 Å². The Balaban J connectivity index is 2.17. The van der Waals surface area contributed by atoms with Crippen molar-refractivity contribution in [1.29, 1.82) is 0 Å². The van der Waals surface area contributed by atoms with Gasteiger partial charge in [0.15, 0.2) is 0 Å². The molecule has 2 aromatic rings. The van der Waals surface area contributed by atoms with Crippen molar-refractivity contribution >= 4 is 17.5 Å². The van der Waals surface area contributed by atoms with Crippen LogP contribution in [0, 0.1) is 0 Å². The number of carbonyl (C=O) groups excluding carboxylic acids is 1. The van der Waals surface area contributed by atoms with Gasteiger partial charge in [0.1, 0.15) is 0 Å². The lowest BCUT2D eigenvalue weighted by Crippen LogP contribution is -2.37. The Kier molecular flexibility index (Phi) is 5.99. The lowest BCUT2D eigenvalue weighted by molar-refractivity contribution is -0.133. The minimum Gasteiger partial charge on any atom is -0.338 e. The van der Waals surface area contributed by atoms with Gasteiger partial charge in [0.25, 0.3) is 0 Å². The van der Waals surface area contributed by atoms with E-state index in [4.69, 9.17) is 17.3 Å². The van der Waals surface area contributed by atoms with Crippen molar-refractivity contribution in [1.82, 2.24) is 4.90 Å². The van der Waals surface area contributed by atoms with Crippen LogP contribution in [0.1, 0.15) is 24.0 Å². The fourth-order valence-electron chi connectivity index (χ4n) is 2.49. The van der Waals surface area contributed by atoms with Gasteiger partial charge in [-0.05, 0) is 30.2 Å². The standard InChI is InChI=1S/C18H21ClN2O/c1-2-21(13-14-7-6-10-16(19)11-14)18(22)17(12-20)15-8-4-3-5-9-15/h3-11,17H,2,12-13,20H2,1H3. The molecule has 4 heteroatoms. The number of hydrogen-bond donors (Lipinski definition) is 1. The van der Waals surface area contributed by atoms with Gasteiger partial charge in [-0.1, -0.05) is 54.1 Å². The maximum atomic E-state index is 12.8. The highest BCUT2D eigenvalue weighted by Gasteiger charge is 2.23. The number of nitrogens with zero attached hydrogens (tertiary/aromatic N) is 1. The zero-order valence-electron chi connectivity index (χ0n) is 12.7. The van der Waals surface area contributed by atoms with Crippen LogP contribution in [0.5, 0.6) is 0 Å². The van der Waals surface area contributed by atoms with Crippen LogP contribution < -0.4 is 5.73 Å². The topological polar surface area (TPSA) is 46.3 Å². The molecule has 0 saturated carbocycles. The Bertz CT molecular complexity index is 615. The van der Waals surface area contributed by atoms with Crippen molar-refractivity contribution in [3.63, 3.8) is 0 Å². The highest BCUT2D eigenvalue weighted by Crippen LogP contribution is 2.19. The Morgan fingerprint density at radius 2 is 1.91 bits per heavy atom. The van der Waals surface area contributed by atoms with Crippen LogP contribution in [0.4, 0.5) is 0 Å². The number of carbonyl (C=O) groups is 1. The number of amides is 1. The smallest absolute Gasteiger partial charge is 0.231 e. The molecule has 3 nitrogen and oxygen atoms in total. The summed E-state index contributed by atoms with van der Waals surface area (Å²) in [6, 6.07) is 17.3. The van der Waals surface area contributed by atoms with E-state index in [-0.39, 0.29) is 11.8 Å². The molecule has 0 aliphatic rings. The van der Waals surface area contributed by atoms with Crippen LogP contribution >= 0.6 is 11.6 Å². The van der Waals surface area contributed by atoms with Crippen molar-refractivity contribution < 1.29 is 4.79 Å². The van der Waals surface area contributed by atoms with E-state index in [1.165, 1.54) is 0 Å². The fourth-order valence-corrected chi connectivity index (χ4v) is 2.70. The third-order valence-electron chi connectivity index (χ3n) is 3.69. The summed E-state index contributed by atoms with van der Waals surface area (Å²) in [6.07, 6.45) is 0. The maximum absolute atomic E-state index is 12.8. The largest absolute Gasteiger partial charge is 0.338 e. The predicted octanol–water partition coefficient (Wildman–Crippen LogP) is 3.43. The van der Waals surface area contributed by atoms with Gasteiger partial charge in [-0.2, -0.15) is 0 Å². The number of benzene rings is 2. The van der Waals surface area contributed by atoms with Crippen LogP contribution in [0.15, 0.2) is 54.6 Å². The van der Waals surface area contributed by atoms with Gasteiger partial charge in [0.05, 0.1) is 5.92 Å². The second kappa shape index (κ2) is 7.97. The molecule has 0 aliphatic carbocycles. The van der Waals surface area contributed by atoms with E-state index in [9.17, 15) is 4.79 Å². The van der Waals surface area contributed by atoms with Gasteiger partial charge in [-0.15, -0.1) is 0 Å². The van der Waals surface area contributed by atoms with Gasteiger partial charge < -0.3 is 10.6 Å². The summed E-state index contributed by atoms with van der Waals surface area (Å²) in [6.45, 7) is 3.45. The minimum absolute atomic E-state index is 0.0520. The molecule has 1 amide bonds. The van der Waals surface area contributed by atoms with Crippen LogP contribution in [0.25, 0.3) is 0 Å². The van der Waals surface area contributed by atoms with Gasteiger partial charge in [-0.3, -0.25) is 4.79 Å². The molecule has 0 bridgehead atoms. The van der Waals surface area contributed by atoms with Crippen molar-refractivity contribution in [2.45, 2.75) is 19.4 Å². The third-order valence-corrected chi connectivity index (χ3v) is 3.93. The molecule has 116 valence electrons. The summed E-state index contributed by atoms with van der Waals surface area (Å²) in [5.74, 6) is -0.253. The van der Waals surface area contributed by atoms with E-state index in [2.05, 4.69) is 0 Å². The zero-order chi connectivity index (χ0) is 15.9. The molecule has 2 rings (SSSR count). The summed E-state index contributed by atoms with van der Waals surface area (Å²) in [5, 5.41) is 0.680. The first-order valence-electron chi connectivity index (χ1n) is 7.44. The summed E-state index contributed by atoms with van der Waals surface area (Å²) < 4.78 is 0. The number of hydrogen-bond acceptors (Lipinski definition) is 2. The van der Waals surface area contributed by atoms with Crippen LogP contribution in [0.2, 0.25) is 5.02 Å². The van der Waals surface area contributed by atoms with E-state index in [1.807, 2.05) is 66.4 Å². The van der Waals surface area contributed by atoms with Crippen molar-refractivity contribution in [3.05, 3.63) is 70.7 Å². The molecule has 0 spiro atoms. The van der Waals surface area contributed by atoms with Crippen LogP contribution in [-0.4, -0.2) is 23.9 Å². The molecule has 0 aliphatic heterocycles. The zero-order valence-corrected chi connectivity index (χ0v) is 13.5. The monoisotopic (exact) mass is 316 g/mol. The van der Waals surface area contributed by atoms with Crippen molar-refractivity contribution in [2.75, 3.05) is 13.1 Å². The Labute approximate surface area is 136 Å². The summed E-state index contributed by atoms with van der Waals surface area (Å²) in [5.41, 5.74) is 7.82. The Hall–Kier alpha value is -1.84. The minimum atomic E-state index is -0.305. The van der Waals surface area contributed by atoms with Gasteiger partial charge in [-0.25, -0.2) is 0 Å². The van der Waals surface area contributed by atoms with E-state index in [0.29, 0.717) is 24.7 Å².